The number of hydrogen-bond donors (Lipinski definition) is 3. The number of amides is 2. The van der Waals surface area contributed by atoms with Crippen molar-refractivity contribution >= 4 is 12.0 Å². The third-order valence-corrected chi connectivity index (χ3v) is 2.61. The summed E-state index contributed by atoms with van der Waals surface area (Å²) in [5, 5.41) is 14.0. The van der Waals surface area contributed by atoms with E-state index in [9.17, 15) is 9.59 Å². The fraction of sp³-hybridized carbons (Fsp3) is 0.846. The van der Waals surface area contributed by atoms with Gasteiger partial charge in [0.2, 0.25) is 0 Å². The Morgan fingerprint density at radius 2 is 1.84 bits per heavy atom. The molecule has 0 aromatic heterocycles. The molecule has 0 aliphatic heterocycles. The van der Waals surface area contributed by atoms with Crippen LogP contribution in [0.2, 0.25) is 0 Å². The van der Waals surface area contributed by atoms with Crippen LogP contribution in [-0.4, -0.2) is 42.9 Å². The highest BCUT2D eigenvalue weighted by Gasteiger charge is 2.22. The van der Waals surface area contributed by atoms with Gasteiger partial charge in [-0.05, 0) is 18.8 Å². The van der Waals surface area contributed by atoms with Crippen LogP contribution in [0.1, 0.15) is 40.0 Å². The first-order valence-corrected chi connectivity index (χ1v) is 6.84. The van der Waals surface area contributed by atoms with Crippen molar-refractivity contribution < 1.29 is 19.4 Å². The molecule has 112 valence electrons. The van der Waals surface area contributed by atoms with E-state index in [-0.39, 0.29) is 5.92 Å². The predicted molar refractivity (Wildman–Crippen MR) is 73.1 cm³/mol. The molecule has 6 nitrogen and oxygen atoms in total. The number of unbranched alkanes of at least 4 members (excludes halogenated alkanes) is 1. The van der Waals surface area contributed by atoms with Crippen molar-refractivity contribution in [3.05, 3.63) is 0 Å². The molecule has 0 bridgehead atoms. The second-order valence-electron chi connectivity index (χ2n) is 4.78. The number of hydrogen-bond acceptors (Lipinski definition) is 3. The van der Waals surface area contributed by atoms with Gasteiger partial charge in [-0.2, -0.15) is 0 Å². The Kier molecular flexibility index (Phi) is 9.88. The molecule has 6 heteroatoms. The Balaban J connectivity index is 3.66. The molecule has 0 heterocycles. The van der Waals surface area contributed by atoms with Crippen molar-refractivity contribution in [3.8, 4) is 0 Å². The van der Waals surface area contributed by atoms with Crippen LogP contribution in [0.3, 0.4) is 0 Å². The van der Waals surface area contributed by atoms with Crippen molar-refractivity contribution in [3.63, 3.8) is 0 Å². The van der Waals surface area contributed by atoms with Gasteiger partial charge >= 0.3 is 12.0 Å². The standard InChI is InChI=1S/C13H26N2O4/c1-4-5-8-19-9-6-7-14-13(18)15-11(10(2)3)12(16)17/h10-11H,4-9H2,1-3H3,(H,16,17)(H2,14,15,18). The van der Waals surface area contributed by atoms with Crippen molar-refractivity contribution in [1.29, 1.82) is 0 Å². The second-order valence-corrected chi connectivity index (χ2v) is 4.78. The quantitative estimate of drug-likeness (QED) is 0.528. The van der Waals surface area contributed by atoms with Gasteiger partial charge in [0.15, 0.2) is 0 Å². The van der Waals surface area contributed by atoms with Gasteiger partial charge in [0.1, 0.15) is 6.04 Å². The fourth-order valence-electron chi connectivity index (χ4n) is 1.43. The molecule has 0 spiro atoms. The Hall–Kier alpha value is -1.30. The van der Waals surface area contributed by atoms with Gasteiger partial charge in [0.25, 0.3) is 0 Å². The zero-order valence-electron chi connectivity index (χ0n) is 12.1. The number of rotatable bonds is 10. The summed E-state index contributed by atoms with van der Waals surface area (Å²) >= 11 is 0. The summed E-state index contributed by atoms with van der Waals surface area (Å²) in [6, 6.07) is -1.31. The topological polar surface area (TPSA) is 87.7 Å². The highest BCUT2D eigenvalue weighted by Crippen LogP contribution is 2.01. The fourth-order valence-corrected chi connectivity index (χ4v) is 1.43. The molecule has 3 N–H and O–H groups in total. The third kappa shape index (κ3) is 9.30. The zero-order chi connectivity index (χ0) is 14.7. The largest absolute Gasteiger partial charge is 0.480 e. The number of urea groups is 1. The molecule has 0 aliphatic rings. The predicted octanol–water partition coefficient (Wildman–Crippen LogP) is 1.60. The van der Waals surface area contributed by atoms with Crippen LogP contribution in [0, 0.1) is 5.92 Å². The Labute approximate surface area is 114 Å². The van der Waals surface area contributed by atoms with E-state index in [2.05, 4.69) is 17.6 Å². The minimum absolute atomic E-state index is 0.152. The van der Waals surface area contributed by atoms with Gasteiger partial charge in [-0.15, -0.1) is 0 Å². The first kappa shape index (κ1) is 17.7. The third-order valence-electron chi connectivity index (χ3n) is 2.61. The smallest absolute Gasteiger partial charge is 0.326 e. The average Bonchev–Trinajstić information content (AvgIpc) is 2.34. The lowest BCUT2D eigenvalue weighted by Crippen LogP contribution is -2.48. The summed E-state index contributed by atoms with van der Waals surface area (Å²) in [6.07, 6.45) is 2.87. The molecule has 0 saturated carbocycles. The lowest BCUT2D eigenvalue weighted by Gasteiger charge is -2.18. The number of carboxylic acid groups (broad SMARTS) is 1. The Morgan fingerprint density at radius 3 is 2.37 bits per heavy atom. The maximum absolute atomic E-state index is 11.5. The molecule has 2 amide bonds. The maximum atomic E-state index is 11.5. The van der Waals surface area contributed by atoms with Crippen LogP contribution in [0.4, 0.5) is 4.79 Å². The highest BCUT2D eigenvalue weighted by atomic mass is 16.5. The van der Waals surface area contributed by atoms with Crippen LogP contribution < -0.4 is 10.6 Å². The second kappa shape index (κ2) is 10.6. The Bertz CT molecular complexity index is 269. The molecule has 0 aliphatic carbocycles. The summed E-state index contributed by atoms with van der Waals surface area (Å²) in [5.74, 6) is -1.17. The van der Waals surface area contributed by atoms with Crippen LogP contribution >= 0.6 is 0 Å². The molecule has 0 fully saturated rings. The molecular weight excluding hydrogens is 248 g/mol. The number of ether oxygens (including phenoxy) is 1. The summed E-state index contributed by atoms with van der Waals surface area (Å²) < 4.78 is 5.35. The van der Waals surface area contributed by atoms with E-state index in [0.29, 0.717) is 13.2 Å². The van der Waals surface area contributed by atoms with E-state index < -0.39 is 18.0 Å². The first-order chi connectivity index (χ1) is 8.99. The van der Waals surface area contributed by atoms with E-state index in [1.807, 2.05) is 0 Å². The molecule has 19 heavy (non-hydrogen) atoms. The summed E-state index contributed by atoms with van der Waals surface area (Å²) in [6.45, 7) is 7.43. The van der Waals surface area contributed by atoms with Gasteiger partial charge in [-0.3, -0.25) is 0 Å². The number of carbonyl (C=O) groups excluding carboxylic acids is 1. The van der Waals surface area contributed by atoms with Gasteiger partial charge in [0.05, 0.1) is 0 Å². The number of nitrogens with one attached hydrogen (secondary N) is 2. The van der Waals surface area contributed by atoms with Gasteiger partial charge in [-0.1, -0.05) is 27.2 Å². The minimum Gasteiger partial charge on any atom is -0.480 e. The van der Waals surface area contributed by atoms with Crippen molar-refractivity contribution in [2.24, 2.45) is 5.92 Å². The maximum Gasteiger partial charge on any atom is 0.326 e. The van der Waals surface area contributed by atoms with Crippen molar-refractivity contribution in [2.45, 2.75) is 46.1 Å². The SMILES string of the molecule is CCCCOCCCNC(=O)NC(C(=O)O)C(C)C. The monoisotopic (exact) mass is 274 g/mol. The molecular formula is C13H26N2O4. The average molecular weight is 274 g/mol. The lowest BCUT2D eigenvalue weighted by atomic mass is 10.1. The molecule has 0 radical (unpaired) electrons. The summed E-state index contributed by atoms with van der Waals surface area (Å²) in [5.41, 5.74) is 0. The van der Waals surface area contributed by atoms with E-state index in [4.69, 9.17) is 9.84 Å². The highest BCUT2D eigenvalue weighted by molar-refractivity contribution is 5.82. The van der Waals surface area contributed by atoms with Crippen LogP contribution in [-0.2, 0) is 9.53 Å². The van der Waals surface area contributed by atoms with E-state index in [1.165, 1.54) is 0 Å². The molecule has 0 aromatic carbocycles. The number of aliphatic carboxylic acids is 1. The molecule has 1 unspecified atom stereocenters. The van der Waals surface area contributed by atoms with Gasteiger partial charge in [0, 0.05) is 19.8 Å². The van der Waals surface area contributed by atoms with Crippen LogP contribution in [0.5, 0.6) is 0 Å². The van der Waals surface area contributed by atoms with Gasteiger partial charge < -0.3 is 20.5 Å². The molecule has 0 aromatic rings. The minimum atomic E-state index is -1.02. The molecule has 0 saturated heterocycles. The van der Waals surface area contributed by atoms with Gasteiger partial charge in [-0.25, -0.2) is 9.59 Å². The van der Waals surface area contributed by atoms with E-state index in [0.717, 1.165) is 25.9 Å². The van der Waals surface area contributed by atoms with Crippen molar-refractivity contribution in [2.75, 3.05) is 19.8 Å². The number of carboxylic acids is 1. The first-order valence-electron chi connectivity index (χ1n) is 6.84. The molecule has 0 rings (SSSR count). The van der Waals surface area contributed by atoms with Crippen LogP contribution in [0.25, 0.3) is 0 Å². The Morgan fingerprint density at radius 1 is 1.21 bits per heavy atom. The molecule has 1 atom stereocenters. The lowest BCUT2D eigenvalue weighted by molar-refractivity contribution is -0.140. The normalized spacial score (nSPS) is 12.2. The van der Waals surface area contributed by atoms with Crippen molar-refractivity contribution in [1.82, 2.24) is 10.6 Å². The zero-order valence-corrected chi connectivity index (χ0v) is 12.1. The number of carbonyl (C=O) groups is 2. The summed E-state index contributed by atoms with van der Waals surface area (Å²) in [7, 11) is 0. The van der Waals surface area contributed by atoms with Crippen LogP contribution in [0.15, 0.2) is 0 Å². The van der Waals surface area contributed by atoms with E-state index >= 15 is 0 Å². The summed E-state index contributed by atoms with van der Waals surface area (Å²) in [4.78, 5) is 22.4. The van der Waals surface area contributed by atoms with E-state index in [1.54, 1.807) is 13.8 Å².